The third-order valence-corrected chi connectivity index (χ3v) is 5.57. The van der Waals surface area contributed by atoms with Crippen LogP contribution in [-0.4, -0.2) is 62.0 Å². The average molecular weight is 569 g/mol. The van der Waals surface area contributed by atoms with E-state index in [1.165, 1.54) is 56.8 Å². The van der Waals surface area contributed by atoms with Gasteiger partial charge in [0.05, 0.1) is 19.3 Å². The molecule has 0 fully saturated rings. The van der Waals surface area contributed by atoms with Gasteiger partial charge in [0.2, 0.25) is 5.82 Å². The van der Waals surface area contributed by atoms with Gasteiger partial charge in [0.1, 0.15) is 30.0 Å². The molecule has 0 bridgehead atoms. The minimum atomic E-state index is -1.27. The number of H-pyrrole nitrogens is 2. The highest BCUT2D eigenvalue weighted by Gasteiger charge is 2.27. The molecule has 2 heterocycles. The smallest absolute Gasteiger partial charge is 0.349 e. The van der Waals surface area contributed by atoms with E-state index in [9.17, 15) is 19.5 Å². The van der Waals surface area contributed by atoms with E-state index < -0.39 is 29.1 Å². The van der Waals surface area contributed by atoms with E-state index >= 15 is 4.39 Å². The summed E-state index contributed by atoms with van der Waals surface area (Å²) < 4.78 is 32.4. The lowest BCUT2D eigenvalue weighted by molar-refractivity contribution is -0.131. The van der Waals surface area contributed by atoms with Gasteiger partial charge in [-0.1, -0.05) is 0 Å². The molecular formula is C25H25FN8O7. The summed E-state index contributed by atoms with van der Waals surface area (Å²) in [5.41, 5.74) is 4.32. The van der Waals surface area contributed by atoms with Crippen molar-refractivity contribution >= 4 is 17.5 Å². The number of anilines is 1. The molecule has 2 aromatic carbocycles. The molecule has 15 nitrogen and oxygen atoms in total. The molecule has 16 heteroatoms. The maximum Gasteiger partial charge on any atom is 0.349 e. The Balaban J connectivity index is 1.90. The molecule has 0 unspecified atom stereocenters. The SMILES string of the molecule is COc1cc(OCCO)c(F)c([C@H](Nc2ccc(C(=N)N)c(OC(C)=O)c2)c2nn(-c3ncc[nH]c3=O)c(=O)[nH]2)c1. The minimum absolute atomic E-state index is 0.0501. The molecule has 0 saturated heterocycles. The van der Waals surface area contributed by atoms with E-state index in [2.05, 4.69) is 25.4 Å². The van der Waals surface area contributed by atoms with E-state index in [1.807, 2.05) is 0 Å². The molecule has 0 aliphatic rings. The first kappa shape index (κ1) is 28.5. The van der Waals surface area contributed by atoms with Crippen molar-refractivity contribution in [2.75, 3.05) is 25.6 Å². The number of aliphatic hydroxyl groups is 1. The number of benzene rings is 2. The predicted molar refractivity (Wildman–Crippen MR) is 142 cm³/mol. The van der Waals surface area contributed by atoms with Crippen molar-refractivity contribution in [3.8, 4) is 23.1 Å². The molecule has 0 amide bonds. The molecule has 214 valence electrons. The highest BCUT2D eigenvalue weighted by atomic mass is 19.1. The maximum absolute atomic E-state index is 15.9. The first-order chi connectivity index (χ1) is 19.6. The Kier molecular flexibility index (Phi) is 8.43. The van der Waals surface area contributed by atoms with Gasteiger partial charge in [-0.05, 0) is 18.2 Å². The van der Waals surface area contributed by atoms with Crippen molar-refractivity contribution in [1.82, 2.24) is 24.7 Å². The van der Waals surface area contributed by atoms with Crippen LogP contribution >= 0.6 is 0 Å². The van der Waals surface area contributed by atoms with Gasteiger partial charge in [0.15, 0.2) is 17.4 Å². The fraction of sp³-hybridized carbons (Fsp3) is 0.200. The summed E-state index contributed by atoms with van der Waals surface area (Å²) in [6.07, 6.45) is 2.53. The number of hydrogen-bond donors (Lipinski definition) is 6. The third-order valence-electron chi connectivity index (χ3n) is 5.57. The summed E-state index contributed by atoms with van der Waals surface area (Å²) >= 11 is 0. The number of hydrogen-bond acceptors (Lipinski definition) is 11. The third kappa shape index (κ3) is 6.22. The Labute approximate surface area is 230 Å². The van der Waals surface area contributed by atoms with E-state index in [0.29, 0.717) is 4.68 Å². The second-order valence-electron chi connectivity index (χ2n) is 8.37. The Hall–Kier alpha value is -5.51. The van der Waals surface area contributed by atoms with Crippen LogP contribution in [0.4, 0.5) is 10.1 Å². The quantitative estimate of drug-likeness (QED) is 0.0635. The van der Waals surface area contributed by atoms with Crippen LogP contribution in [0.2, 0.25) is 0 Å². The van der Waals surface area contributed by atoms with Gasteiger partial charge in [-0.25, -0.2) is 14.2 Å². The molecule has 0 aliphatic carbocycles. The molecule has 1 atom stereocenters. The van der Waals surface area contributed by atoms with Crippen molar-refractivity contribution in [3.05, 3.63) is 86.3 Å². The number of aromatic amines is 2. The molecule has 0 saturated carbocycles. The Morgan fingerprint density at radius 3 is 2.71 bits per heavy atom. The Morgan fingerprint density at radius 1 is 1.27 bits per heavy atom. The molecule has 4 aromatic rings. The number of nitrogens with one attached hydrogen (secondary N) is 4. The highest BCUT2D eigenvalue weighted by Crippen LogP contribution is 2.35. The molecule has 2 aromatic heterocycles. The summed E-state index contributed by atoms with van der Waals surface area (Å²) in [6, 6.07) is 5.58. The van der Waals surface area contributed by atoms with E-state index in [0.717, 1.165) is 0 Å². The van der Waals surface area contributed by atoms with Gasteiger partial charge in [-0.3, -0.25) is 20.0 Å². The second-order valence-corrected chi connectivity index (χ2v) is 8.37. The summed E-state index contributed by atoms with van der Waals surface area (Å²) in [7, 11) is 1.35. The molecule has 0 aliphatic heterocycles. The molecule has 0 spiro atoms. The van der Waals surface area contributed by atoms with Crippen LogP contribution in [0, 0.1) is 11.2 Å². The minimum Gasteiger partial charge on any atom is -0.497 e. The number of carbonyl (C=O) groups is 1. The fourth-order valence-corrected chi connectivity index (χ4v) is 3.82. The molecule has 41 heavy (non-hydrogen) atoms. The number of amidine groups is 1. The van der Waals surface area contributed by atoms with E-state index in [4.69, 9.17) is 25.4 Å². The van der Waals surface area contributed by atoms with Crippen LogP contribution in [0.25, 0.3) is 5.82 Å². The molecule has 0 radical (unpaired) electrons. The Morgan fingerprint density at radius 2 is 2.05 bits per heavy atom. The fourth-order valence-electron chi connectivity index (χ4n) is 3.82. The first-order valence-corrected chi connectivity index (χ1v) is 11.9. The monoisotopic (exact) mass is 568 g/mol. The number of nitrogens with zero attached hydrogens (tertiary/aromatic N) is 3. The van der Waals surface area contributed by atoms with Crippen LogP contribution in [-0.2, 0) is 4.79 Å². The number of rotatable bonds is 11. The van der Waals surface area contributed by atoms with Crippen molar-refractivity contribution in [3.63, 3.8) is 0 Å². The number of halogens is 1. The number of esters is 1. The summed E-state index contributed by atoms with van der Waals surface area (Å²) in [5, 5.41) is 24.1. The van der Waals surface area contributed by atoms with Crippen LogP contribution in [0.3, 0.4) is 0 Å². The number of ether oxygens (including phenoxy) is 3. The zero-order chi connectivity index (χ0) is 29.7. The summed E-state index contributed by atoms with van der Waals surface area (Å²) in [4.78, 5) is 45.6. The standard InChI is InChI=1S/C25H25FN8O7/c1-12(36)41-17-9-13(3-4-15(17)21(27)28)31-20(16-10-14(39-2)11-18(19(16)26)40-8-7-35)22-32-25(38)34(33-22)23-24(37)30-6-5-29-23/h3-6,9-11,20,31,35H,7-8H2,1-2H3,(H3,27,28)(H,30,37)(H,32,33,38)/t20-/m0/s1. The van der Waals surface area contributed by atoms with Crippen LogP contribution in [0.1, 0.15) is 29.9 Å². The van der Waals surface area contributed by atoms with Gasteiger partial charge >= 0.3 is 11.7 Å². The number of carbonyl (C=O) groups excluding carboxylic acids is 1. The van der Waals surface area contributed by atoms with Gasteiger partial charge in [0.25, 0.3) is 5.56 Å². The van der Waals surface area contributed by atoms with Crippen molar-refractivity contribution < 1.29 is 28.5 Å². The van der Waals surface area contributed by atoms with Crippen molar-refractivity contribution in [2.24, 2.45) is 5.73 Å². The maximum atomic E-state index is 15.9. The van der Waals surface area contributed by atoms with Gasteiger partial charge in [0, 0.05) is 42.7 Å². The summed E-state index contributed by atoms with van der Waals surface area (Å²) in [5.74, 6) is -2.52. The molecule has 4 rings (SSSR count). The van der Waals surface area contributed by atoms with E-state index in [1.54, 1.807) is 0 Å². The Bertz CT molecular complexity index is 1710. The van der Waals surface area contributed by atoms with Crippen molar-refractivity contribution in [1.29, 1.82) is 5.41 Å². The molecular weight excluding hydrogens is 543 g/mol. The lowest BCUT2D eigenvalue weighted by atomic mass is 10.0. The van der Waals surface area contributed by atoms with Crippen LogP contribution in [0.5, 0.6) is 17.2 Å². The predicted octanol–water partition coefficient (Wildman–Crippen LogP) is 0.574. The topological polar surface area (TPSA) is 223 Å². The summed E-state index contributed by atoms with van der Waals surface area (Å²) in [6.45, 7) is 0.572. The van der Waals surface area contributed by atoms with Crippen molar-refractivity contribution in [2.45, 2.75) is 13.0 Å². The van der Waals surface area contributed by atoms with Gasteiger partial charge in [-0.2, -0.15) is 4.68 Å². The van der Waals surface area contributed by atoms with Gasteiger partial charge in [-0.15, -0.1) is 5.10 Å². The molecule has 7 N–H and O–H groups in total. The number of nitrogen functional groups attached to an aromatic ring is 1. The number of methoxy groups -OCH3 is 1. The number of aromatic nitrogens is 5. The number of aliphatic hydroxyl groups excluding tert-OH is 1. The highest BCUT2D eigenvalue weighted by molar-refractivity contribution is 5.98. The lowest BCUT2D eigenvalue weighted by Gasteiger charge is -2.21. The van der Waals surface area contributed by atoms with Gasteiger partial charge < -0.3 is 35.4 Å². The second kappa shape index (κ2) is 12.1. The first-order valence-electron chi connectivity index (χ1n) is 11.9. The zero-order valence-corrected chi connectivity index (χ0v) is 21.7. The van der Waals surface area contributed by atoms with E-state index in [-0.39, 0.29) is 64.8 Å². The zero-order valence-electron chi connectivity index (χ0n) is 21.7. The average Bonchev–Trinajstić information content (AvgIpc) is 3.32. The number of nitrogens with two attached hydrogens (primary N) is 1. The van der Waals surface area contributed by atoms with Crippen LogP contribution in [0.15, 0.2) is 52.3 Å². The van der Waals surface area contributed by atoms with Crippen LogP contribution < -0.4 is 36.5 Å². The normalized spacial score (nSPS) is 11.5. The largest absolute Gasteiger partial charge is 0.497 e. The lowest BCUT2D eigenvalue weighted by Crippen LogP contribution is -2.25.